The Hall–Kier alpha value is -3.19. The van der Waals surface area contributed by atoms with Crippen LogP contribution in [0.4, 0.5) is 5.69 Å². The number of benzene rings is 2. The lowest BCUT2D eigenvalue weighted by Crippen LogP contribution is -2.45. The third-order valence-electron chi connectivity index (χ3n) is 5.37. The molecule has 0 aromatic heterocycles. The molecule has 3 rings (SSSR count). The van der Waals surface area contributed by atoms with Gasteiger partial charge in [-0.25, -0.2) is 0 Å². The number of amides is 3. The predicted molar refractivity (Wildman–Crippen MR) is 119 cm³/mol. The molecule has 0 aliphatic carbocycles. The smallest absolute Gasteiger partial charge is 0.255 e. The second kappa shape index (κ2) is 10.7. The average Bonchev–Trinajstić information content (AvgIpc) is 2.79. The maximum Gasteiger partial charge on any atom is 0.255 e. The van der Waals surface area contributed by atoms with E-state index in [0.717, 1.165) is 18.4 Å². The highest BCUT2D eigenvalue weighted by molar-refractivity contribution is 6.05. The van der Waals surface area contributed by atoms with Crippen molar-refractivity contribution in [3.05, 3.63) is 65.2 Å². The van der Waals surface area contributed by atoms with Crippen molar-refractivity contribution in [1.29, 1.82) is 0 Å². The van der Waals surface area contributed by atoms with Crippen LogP contribution in [0.25, 0.3) is 0 Å². The largest absolute Gasteiger partial charge is 0.383 e. The van der Waals surface area contributed by atoms with Crippen LogP contribution < -0.4 is 10.6 Å². The van der Waals surface area contributed by atoms with Crippen LogP contribution in [0.3, 0.4) is 0 Å². The molecule has 1 unspecified atom stereocenters. The number of hydrogen-bond donors (Lipinski definition) is 2. The fourth-order valence-electron chi connectivity index (χ4n) is 3.62. The van der Waals surface area contributed by atoms with E-state index in [2.05, 4.69) is 10.6 Å². The number of carbonyl (C=O) groups excluding carboxylic acids is 3. The molecule has 1 saturated heterocycles. The Kier molecular flexibility index (Phi) is 7.78. The molecule has 7 nitrogen and oxygen atoms in total. The summed E-state index contributed by atoms with van der Waals surface area (Å²) in [5.41, 5.74) is 2.68. The molecule has 1 atom stereocenters. The van der Waals surface area contributed by atoms with Crippen molar-refractivity contribution in [3.8, 4) is 0 Å². The molecule has 1 fully saturated rings. The molecule has 1 heterocycles. The number of piperidine rings is 1. The average molecular weight is 424 g/mol. The molecule has 2 aromatic carbocycles. The minimum Gasteiger partial charge on any atom is -0.383 e. The zero-order valence-corrected chi connectivity index (χ0v) is 18.0. The fourth-order valence-corrected chi connectivity index (χ4v) is 3.62. The molecule has 1 aliphatic heterocycles. The van der Waals surface area contributed by atoms with E-state index in [9.17, 15) is 14.4 Å². The number of rotatable bonds is 7. The summed E-state index contributed by atoms with van der Waals surface area (Å²) in [5, 5.41) is 5.70. The summed E-state index contributed by atoms with van der Waals surface area (Å²) in [4.78, 5) is 39.6. The SMILES string of the molecule is COCCNC(=O)C1CCCN(C(=O)c2cccc(NC(=O)c3ccc(C)cc3)c2)C1. The molecule has 3 amide bonds. The summed E-state index contributed by atoms with van der Waals surface area (Å²) in [6.45, 7) is 3.88. The van der Waals surface area contributed by atoms with Crippen LogP contribution in [0.5, 0.6) is 0 Å². The van der Waals surface area contributed by atoms with Crippen molar-refractivity contribution in [2.45, 2.75) is 19.8 Å². The molecule has 31 heavy (non-hydrogen) atoms. The Morgan fingerprint density at radius 2 is 1.87 bits per heavy atom. The van der Waals surface area contributed by atoms with Gasteiger partial charge in [-0.05, 0) is 50.1 Å². The van der Waals surface area contributed by atoms with Gasteiger partial charge >= 0.3 is 0 Å². The van der Waals surface area contributed by atoms with Gasteiger partial charge in [0.25, 0.3) is 11.8 Å². The lowest BCUT2D eigenvalue weighted by atomic mass is 9.96. The maximum atomic E-state index is 13.0. The van der Waals surface area contributed by atoms with Crippen LogP contribution in [-0.2, 0) is 9.53 Å². The van der Waals surface area contributed by atoms with Crippen LogP contribution in [0.15, 0.2) is 48.5 Å². The van der Waals surface area contributed by atoms with Gasteiger partial charge < -0.3 is 20.3 Å². The minimum absolute atomic E-state index is 0.0475. The summed E-state index contributed by atoms with van der Waals surface area (Å²) in [6, 6.07) is 14.2. The standard InChI is InChI=1S/C24H29N3O4/c1-17-8-10-18(11-9-17)23(29)26-21-7-3-5-19(15-21)24(30)27-13-4-6-20(16-27)22(28)25-12-14-31-2/h3,5,7-11,15,20H,4,6,12-14,16H2,1-2H3,(H,25,28)(H,26,29). The minimum atomic E-state index is -0.227. The number of ether oxygens (including phenoxy) is 1. The summed E-state index contributed by atoms with van der Waals surface area (Å²) < 4.78 is 4.96. The summed E-state index contributed by atoms with van der Waals surface area (Å²) in [6.07, 6.45) is 1.53. The molecule has 0 spiro atoms. The summed E-state index contributed by atoms with van der Waals surface area (Å²) in [7, 11) is 1.59. The molecule has 7 heteroatoms. The first-order valence-electron chi connectivity index (χ1n) is 10.5. The quantitative estimate of drug-likeness (QED) is 0.671. The van der Waals surface area contributed by atoms with Crippen LogP contribution in [-0.4, -0.2) is 56.0 Å². The van der Waals surface area contributed by atoms with E-state index in [1.807, 2.05) is 19.1 Å². The lowest BCUT2D eigenvalue weighted by molar-refractivity contribution is -0.126. The molecule has 0 saturated carbocycles. The second-order valence-electron chi connectivity index (χ2n) is 7.78. The van der Waals surface area contributed by atoms with E-state index in [0.29, 0.717) is 43.1 Å². The monoisotopic (exact) mass is 423 g/mol. The number of carbonyl (C=O) groups is 3. The van der Waals surface area contributed by atoms with Gasteiger partial charge in [-0.3, -0.25) is 14.4 Å². The maximum absolute atomic E-state index is 13.0. The molecular weight excluding hydrogens is 394 g/mol. The number of likely N-dealkylation sites (tertiary alicyclic amines) is 1. The van der Waals surface area contributed by atoms with E-state index >= 15 is 0 Å². The summed E-state index contributed by atoms with van der Waals surface area (Å²) in [5.74, 6) is -0.635. The molecule has 2 N–H and O–H groups in total. The van der Waals surface area contributed by atoms with Gasteiger partial charge in [-0.1, -0.05) is 23.8 Å². The number of hydrogen-bond acceptors (Lipinski definition) is 4. The molecule has 164 valence electrons. The molecule has 0 bridgehead atoms. The molecule has 1 aliphatic rings. The first kappa shape index (κ1) is 22.5. The van der Waals surface area contributed by atoms with Gasteiger partial charge in [0, 0.05) is 43.6 Å². The van der Waals surface area contributed by atoms with E-state index in [-0.39, 0.29) is 23.6 Å². The second-order valence-corrected chi connectivity index (χ2v) is 7.78. The van der Waals surface area contributed by atoms with E-state index < -0.39 is 0 Å². The number of anilines is 1. The van der Waals surface area contributed by atoms with Gasteiger partial charge in [0.15, 0.2) is 0 Å². The lowest BCUT2D eigenvalue weighted by Gasteiger charge is -2.32. The Balaban J connectivity index is 1.63. The zero-order valence-electron chi connectivity index (χ0n) is 18.0. The fraction of sp³-hybridized carbons (Fsp3) is 0.375. The summed E-state index contributed by atoms with van der Waals surface area (Å²) >= 11 is 0. The number of aryl methyl sites for hydroxylation is 1. The van der Waals surface area contributed by atoms with Crippen LogP contribution in [0.1, 0.15) is 39.1 Å². The highest BCUT2D eigenvalue weighted by atomic mass is 16.5. The van der Waals surface area contributed by atoms with Crippen LogP contribution in [0.2, 0.25) is 0 Å². The molecule has 2 aromatic rings. The van der Waals surface area contributed by atoms with Crippen molar-refractivity contribution in [1.82, 2.24) is 10.2 Å². The van der Waals surface area contributed by atoms with Crippen LogP contribution >= 0.6 is 0 Å². The van der Waals surface area contributed by atoms with Crippen LogP contribution in [0, 0.1) is 12.8 Å². The molecule has 0 radical (unpaired) electrons. The van der Waals surface area contributed by atoms with Gasteiger partial charge in [-0.2, -0.15) is 0 Å². The topological polar surface area (TPSA) is 87.7 Å². The predicted octanol–water partition coefficient (Wildman–Crippen LogP) is 2.86. The van der Waals surface area contributed by atoms with Gasteiger partial charge in [-0.15, -0.1) is 0 Å². The Bertz CT molecular complexity index is 927. The van der Waals surface area contributed by atoms with E-state index in [1.165, 1.54) is 0 Å². The number of nitrogens with zero attached hydrogens (tertiary/aromatic N) is 1. The Morgan fingerprint density at radius 1 is 1.10 bits per heavy atom. The highest BCUT2D eigenvalue weighted by Gasteiger charge is 2.28. The Morgan fingerprint density at radius 3 is 2.61 bits per heavy atom. The third kappa shape index (κ3) is 6.15. The third-order valence-corrected chi connectivity index (χ3v) is 5.37. The Labute approximate surface area is 182 Å². The first-order chi connectivity index (χ1) is 15.0. The number of methoxy groups -OCH3 is 1. The van der Waals surface area contributed by atoms with Crippen molar-refractivity contribution < 1.29 is 19.1 Å². The van der Waals surface area contributed by atoms with E-state index in [4.69, 9.17) is 4.74 Å². The first-order valence-corrected chi connectivity index (χ1v) is 10.5. The van der Waals surface area contributed by atoms with Gasteiger partial charge in [0.1, 0.15) is 0 Å². The number of nitrogens with one attached hydrogen (secondary N) is 2. The van der Waals surface area contributed by atoms with Gasteiger partial charge in [0.2, 0.25) is 5.91 Å². The van der Waals surface area contributed by atoms with Gasteiger partial charge in [0.05, 0.1) is 12.5 Å². The normalized spacial score (nSPS) is 15.9. The van der Waals surface area contributed by atoms with E-state index in [1.54, 1.807) is 48.4 Å². The van der Waals surface area contributed by atoms with Crippen molar-refractivity contribution in [3.63, 3.8) is 0 Å². The van der Waals surface area contributed by atoms with Crippen molar-refractivity contribution in [2.75, 3.05) is 38.7 Å². The zero-order chi connectivity index (χ0) is 22.2. The van der Waals surface area contributed by atoms with Crippen molar-refractivity contribution in [2.24, 2.45) is 5.92 Å². The highest BCUT2D eigenvalue weighted by Crippen LogP contribution is 2.20. The molecular formula is C24H29N3O4. The van der Waals surface area contributed by atoms with Crippen molar-refractivity contribution >= 4 is 23.4 Å².